The van der Waals surface area contributed by atoms with Crippen LogP contribution in [0.5, 0.6) is 0 Å². The van der Waals surface area contributed by atoms with E-state index in [0.29, 0.717) is 18.5 Å². The number of benzene rings is 1. The van der Waals surface area contributed by atoms with Gasteiger partial charge in [-0.15, -0.1) is 10.2 Å². The molecule has 40 heavy (non-hydrogen) atoms. The topological polar surface area (TPSA) is 98.3 Å². The summed E-state index contributed by atoms with van der Waals surface area (Å²) < 4.78 is 83.1. The molecule has 15 heteroatoms. The lowest BCUT2D eigenvalue weighted by Crippen LogP contribution is -2.62. The monoisotopic (exact) mass is 586 g/mol. The van der Waals surface area contributed by atoms with E-state index in [0.717, 1.165) is 0 Å². The van der Waals surface area contributed by atoms with Gasteiger partial charge in [0, 0.05) is 25.3 Å². The SMILES string of the molecule is CO[C@@H]1[C@@H](n2cc(-c3ccc(Cl)c(F)c3F)nn2)[C@H]2OC(C)(C)OC[C@H]2O[C@@H]1Cc1cn(C2(C(F)F)CC2)nn1. The minimum Gasteiger partial charge on any atom is -0.376 e. The van der Waals surface area contributed by atoms with Gasteiger partial charge in [0.25, 0.3) is 6.43 Å². The summed E-state index contributed by atoms with van der Waals surface area (Å²) in [6, 6.07) is 1.93. The Morgan fingerprint density at radius 1 is 1.12 bits per heavy atom. The third-order valence-corrected chi connectivity index (χ3v) is 8.04. The lowest BCUT2D eigenvalue weighted by atomic mass is 9.89. The maximum atomic E-state index is 14.7. The quantitative estimate of drug-likeness (QED) is 0.303. The summed E-state index contributed by atoms with van der Waals surface area (Å²) >= 11 is 5.71. The number of fused-ring (bicyclic) bond motifs is 1. The van der Waals surface area contributed by atoms with Crippen molar-refractivity contribution in [3.05, 3.63) is 46.9 Å². The molecule has 2 aromatic heterocycles. The normalized spacial score (nSPS) is 29.0. The van der Waals surface area contributed by atoms with Crippen molar-refractivity contribution in [3.8, 4) is 11.3 Å². The molecule has 0 amide bonds. The minimum atomic E-state index is -2.55. The molecule has 1 saturated carbocycles. The number of ether oxygens (including phenoxy) is 4. The van der Waals surface area contributed by atoms with Crippen molar-refractivity contribution in [1.82, 2.24) is 30.0 Å². The van der Waals surface area contributed by atoms with Gasteiger partial charge in [0.1, 0.15) is 35.6 Å². The summed E-state index contributed by atoms with van der Waals surface area (Å²) in [5.41, 5.74) is -0.886. The van der Waals surface area contributed by atoms with E-state index in [1.54, 1.807) is 13.8 Å². The molecule has 10 nitrogen and oxygen atoms in total. The standard InChI is InChI=1S/C25H27ClF4N6O4/c1-24(2)38-11-17-22(40-24)20(35-10-15(32-33-35)13-4-5-14(26)19(28)18(13)27)21(37-3)16(39-17)8-12-9-36(34-31-12)25(6-7-25)23(29)30/h4-5,9-10,16-17,20-23H,6-8,11H2,1-3H3/t16-,17-,20-,21+,22+/m1/s1. The molecule has 2 aliphatic heterocycles. The molecule has 0 bridgehead atoms. The van der Waals surface area contributed by atoms with Crippen LogP contribution in [0.25, 0.3) is 11.3 Å². The lowest BCUT2D eigenvalue weighted by molar-refractivity contribution is -0.349. The Bertz CT molecular complexity index is 1400. The van der Waals surface area contributed by atoms with Crippen molar-refractivity contribution in [2.24, 2.45) is 0 Å². The van der Waals surface area contributed by atoms with Crippen LogP contribution in [0.15, 0.2) is 24.5 Å². The van der Waals surface area contributed by atoms with Gasteiger partial charge in [0.05, 0.1) is 29.6 Å². The zero-order valence-corrected chi connectivity index (χ0v) is 22.6. The molecule has 3 aromatic rings. The van der Waals surface area contributed by atoms with E-state index in [4.69, 9.17) is 30.5 Å². The summed E-state index contributed by atoms with van der Waals surface area (Å²) in [4.78, 5) is 0. The van der Waals surface area contributed by atoms with Gasteiger partial charge in [-0.25, -0.2) is 26.9 Å². The fraction of sp³-hybridized carbons (Fsp3) is 0.600. The van der Waals surface area contributed by atoms with Crippen molar-refractivity contribution in [1.29, 1.82) is 0 Å². The predicted octanol–water partition coefficient (Wildman–Crippen LogP) is 3.94. The average Bonchev–Trinajstić information content (AvgIpc) is 3.36. The van der Waals surface area contributed by atoms with E-state index < -0.39 is 59.8 Å². The highest BCUT2D eigenvalue weighted by atomic mass is 35.5. The molecule has 3 aliphatic rings. The van der Waals surface area contributed by atoms with Crippen LogP contribution in [-0.4, -0.2) is 80.3 Å². The van der Waals surface area contributed by atoms with Gasteiger partial charge in [-0.1, -0.05) is 22.0 Å². The molecule has 4 heterocycles. The molecule has 6 rings (SSSR count). The average molecular weight is 587 g/mol. The molecule has 5 atom stereocenters. The molecule has 2 saturated heterocycles. The van der Waals surface area contributed by atoms with Gasteiger partial charge in [0.2, 0.25) is 0 Å². The Labute approximate surface area is 231 Å². The van der Waals surface area contributed by atoms with Crippen LogP contribution >= 0.6 is 11.6 Å². The van der Waals surface area contributed by atoms with E-state index in [-0.39, 0.29) is 29.3 Å². The Morgan fingerprint density at radius 3 is 2.60 bits per heavy atom. The summed E-state index contributed by atoms with van der Waals surface area (Å²) in [7, 11) is 1.50. The Morgan fingerprint density at radius 2 is 1.90 bits per heavy atom. The first-order valence-electron chi connectivity index (χ1n) is 12.8. The van der Waals surface area contributed by atoms with E-state index in [1.807, 2.05) is 0 Å². The number of alkyl halides is 2. The fourth-order valence-corrected chi connectivity index (χ4v) is 5.59. The second-order valence-electron chi connectivity index (χ2n) is 10.8. The molecule has 1 aliphatic carbocycles. The fourth-order valence-electron chi connectivity index (χ4n) is 5.45. The van der Waals surface area contributed by atoms with E-state index in [1.165, 1.54) is 41.0 Å². The van der Waals surface area contributed by atoms with Crippen LogP contribution in [0.3, 0.4) is 0 Å². The second-order valence-corrected chi connectivity index (χ2v) is 11.2. The Kier molecular flexibility index (Phi) is 6.89. The number of rotatable bonds is 7. The van der Waals surface area contributed by atoms with Crippen LogP contribution in [-0.2, 0) is 30.9 Å². The smallest absolute Gasteiger partial charge is 0.263 e. The van der Waals surface area contributed by atoms with E-state index in [2.05, 4.69) is 20.6 Å². The van der Waals surface area contributed by atoms with Gasteiger partial charge >= 0.3 is 0 Å². The van der Waals surface area contributed by atoms with Crippen LogP contribution in [0.4, 0.5) is 17.6 Å². The summed E-state index contributed by atoms with van der Waals surface area (Å²) in [5.74, 6) is -3.27. The number of methoxy groups -OCH3 is 1. The van der Waals surface area contributed by atoms with Crippen molar-refractivity contribution in [2.75, 3.05) is 13.7 Å². The molecule has 216 valence electrons. The molecular weight excluding hydrogens is 560 g/mol. The minimum absolute atomic E-state index is 0.0819. The zero-order chi connectivity index (χ0) is 28.4. The first-order valence-corrected chi connectivity index (χ1v) is 13.2. The molecule has 1 aromatic carbocycles. The predicted molar refractivity (Wildman–Crippen MR) is 131 cm³/mol. The number of hydrogen-bond acceptors (Lipinski definition) is 8. The Balaban J connectivity index is 1.33. The van der Waals surface area contributed by atoms with E-state index >= 15 is 0 Å². The summed E-state index contributed by atoms with van der Waals surface area (Å²) in [6.07, 6.45) is -1.20. The number of halogens is 5. The molecule has 0 unspecified atom stereocenters. The van der Waals surface area contributed by atoms with Crippen molar-refractivity contribution < 1.29 is 36.5 Å². The maximum Gasteiger partial charge on any atom is 0.263 e. The van der Waals surface area contributed by atoms with Crippen molar-refractivity contribution in [3.63, 3.8) is 0 Å². The molecule has 0 spiro atoms. The van der Waals surface area contributed by atoms with Crippen LogP contribution < -0.4 is 0 Å². The van der Waals surface area contributed by atoms with Gasteiger partial charge in [-0.05, 0) is 38.8 Å². The zero-order valence-electron chi connectivity index (χ0n) is 21.8. The highest BCUT2D eigenvalue weighted by molar-refractivity contribution is 6.30. The molecule has 0 N–H and O–H groups in total. The first kappa shape index (κ1) is 27.5. The second kappa shape index (κ2) is 10.0. The largest absolute Gasteiger partial charge is 0.376 e. The highest BCUT2D eigenvalue weighted by Gasteiger charge is 2.55. The van der Waals surface area contributed by atoms with E-state index in [9.17, 15) is 17.6 Å². The summed E-state index contributed by atoms with van der Waals surface area (Å²) in [6.45, 7) is 3.73. The van der Waals surface area contributed by atoms with Gasteiger partial charge in [-0.3, -0.25) is 0 Å². The third kappa shape index (κ3) is 4.69. The van der Waals surface area contributed by atoms with Crippen molar-refractivity contribution >= 4 is 11.6 Å². The van der Waals surface area contributed by atoms with Crippen LogP contribution in [0.2, 0.25) is 5.02 Å². The van der Waals surface area contributed by atoms with Crippen LogP contribution in [0, 0.1) is 11.6 Å². The number of aromatic nitrogens is 6. The van der Waals surface area contributed by atoms with Gasteiger partial charge in [0.15, 0.2) is 17.4 Å². The lowest BCUT2D eigenvalue weighted by Gasteiger charge is -2.51. The molecule has 0 radical (unpaired) electrons. The van der Waals surface area contributed by atoms with Gasteiger partial charge in [-0.2, -0.15) is 0 Å². The number of hydrogen-bond donors (Lipinski definition) is 0. The first-order chi connectivity index (χ1) is 19.0. The maximum absolute atomic E-state index is 14.7. The van der Waals surface area contributed by atoms with Crippen molar-refractivity contribution in [2.45, 2.75) is 81.3 Å². The summed E-state index contributed by atoms with van der Waals surface area (Å²) in [5, 5.41) is 16.0. The van der Waals surface area contributed by atoms with Gasteiger partial charge < -0.3 is 18.9 Å². The Hall–Kier alpha value is -2.65. The molecular formula is C25H27ClF4N6O4. The number of nitrogens with zero attached hydrogens (tertiary/aromatic N) is 6. The third-order valence-electron chi connectivity index (χ3n) is 7.75. The van der Waals surface area contributed by atoms with Crippen LogP contribution in [0.1, 0.15) is 38.4 Å². The molecule has 3 fully saturated rings. The highest BCUT2D eigenvalue weighted by Crippen LogP contribution is 2.48.